The number of amides is 2. The summed E-state index contributed by atoms with van der Waals surface area (Å²) < 4.78 is 21.4. The Kier molecular flexibility index (Phi) is 9.07. The number of carbonyl (C=O) groups is 2. The van der Waals surface area contributed by atoms with Crippen molar-refractivity contribution in [1.29, 1.82) is 0 Å². The number of hydrazone groups is 1. The first-order chi connectivity index (χ1) is 17.0. The molecule has 2 N–H and O–H groups in total. The van der Waals surface area contributed by atoms with Crippen molar-refractivity contribution in [3.8, 4) is 23.0 Å². The van der Waals surface area contributed by atoms with E-state index >= 15 is 0 Å². The molecule has 0 unspecified atom stereocenters. The first kappa shape index (κ1) is 25.1. The molecule has 0 aliphatic heterocycles. The Labute approximate surface area is 203 Å². The smallest absolute Gasteiger partial charge is 0.277 e. The predicted octanol–water partition coefficient (Wildman–Crippen LogP) is 3.56. The second kappa shape index (κ2) is 12.6. The molecule has 9 nitrogen and oxygen atoms in total. The van der Waals surface area contributed by atoms with Gasteiger partial charge in [-0.1, -0.05) is 18.2 Å². The largest absolute Gasteiger partial charge is 0.497 e. The van der Waals surface area contributed by atoms with Crippen molar-refractivity contribution in [3.63, 3.8) is 0 Å². The van der Waals surface area contributed by atoms with E-state index in [-0.39, 0.29) is 19.1 Å². The minimum atomic E-state index is -0.413. The Hall–Kier alpha value is -4.53. The molecule has 3 aromatic rings. The molecular weight excluding hydrogens is 450 g/mol. The number of hydrogen-bond donors (Lipinski definition) is 2. The second-order valence-corrected chi connectivity index (χ2v) is 7.32. The number of nitrogens with one attached hydrogen (secondary N) is 2. The van der Waals surface area contributed by atoms with Crippen LogP contribution in [0.1, 0.15) is 11.1 Å². The van der Waals surface area contributed by atoms with Gasteiger partial charge >= 0.3 is 0 Å². The van der Waals surface area contributed by atoms with Crippen LogP contribution < -0.4 is 29.7 Å². The number of anilines is 1. The Balaban J connectivity index is 1.48. The molecule has 0 spiro atoms. The van der Waals surface area contributed by atoms with Crippen LogP contribution in [0.3, 0.4) is 0 Å². The summed E-state index contributed by atoms with van der Waals surface area (Å²) in [6, 6.07) is 19.4. The number of benzene rings is 3. The molecule has 182 valence electrons. The van der Waals surface area contributed by atoms with Crippen LogP contribution in [-0.4, -0.2) is 45.5 Å². The quantitative estimate of drug-likeness (QED) is 0.323. The van der Waals surface area contributed by atoms with E-state index in [9.17, 15) is 9.59 Å². The monoisotopic (exact) mass is 477 g/mol. The van der Waals surface area contributed by atoms with Crippen molar-refractivity contribution < 1.29 is 28.5 Å². The van der Waals surface area contributed by atoms with Crippen molar-refractivity contribution in [2.75, 3.05) is 32.8 Å². The molecule has 0 heterocycles. The van der Waals surface area contributed by atoms with Gasteiger partial charge in [0, 0.05) is 5.69 Å². The van der Waals surface area contributed by atoms with Crippen molar-refractivity contribution >= 4 is 23.7 Å². The SMILES string of the molecule is COc1ccc(OCC(=O)N/N=C/c2ccc(OCC(=O)Nc3ccccc3C)c(OC)c2)cc1. The Bertz CT molecular complexity index is 1180. The van der Waals surface area contributed by atoms with Crippen molar-refractivity contribution in [1.82, 2.24) is 5.43 Å². The zero-order valence-corrected chi connectivity index (χ0v) is 19.7. The molecule has 0 saturated carbocycles. The molecule has 2 amide bonds. The second-order valence-electron chi connectivity index (χ2n) is 7.32. The highest BCUT2D eigenvalue weighted by Gasteiger charge is 2.10. The van der Waals surface area contributed by atoms with Gasteiger partial charge in [-0.3, -0.25) is 9.59 Å². The highest BCUT2D eigenvalue weighted by molar-refractivity contribution is 5.92. The number of methoxy groups -OCH3 is 2. The number of aryl methyl sites for hydroxylation is 1. The number of hydrogen-bond acceptors (Lipinski definition) is 7. The highest BCUT2D eigenvalue weighted by Crippen LogP contribution is 2.27. The van der Waals surface area contributed by atoms with E-state index in [0.29, 0.717) is 28.6 Å². The van der Waals surface area contributed by atoms with Gasteiger partial charge in [-0.15, -0.1) is 0 Å². The van der Waals surface area contributed by atoms with E-state index in [0.717, 1.165) is 11.3 Å². The highest BCUT2D eigenvalue weighted by atomic mass is 16.5. The van der Waals surface area contributed by atoms with Gasteiger partial charge in [0.25, 0.3) is 11.8 Å². The fraction of sp³-hybridized carbons (Fsp3) is 0.192. The summed E-state index contributed by atoms with van der Waals surface area (Å²) in [5, 5.41) is 6.74. The van der Waals surface area contributed by atoms with Gasteiger partial charge in [0.15, 0.2) is 24.7 Å². The van der Waals surface area contributed by atoms with Crippen molar-refractivity contribution in [2.45, 2.75) is 6.92 Å². The van der Waals surface area contributed by atoms with Crippen LogP contribution in [0.15, 0.2) is 71.8 Å². The summed E-state index contributed by atoms with van der Waals surface area (Å²) in [7, 11) is 3.07. The molecule has 35 heavy (non-hydrogen) atoms. The average molecular weight is 478 g/mol. The third-order valence-corrected chi connectivity index (χ3v) is 4.80. The summed E-state index contributed by atoms with van der Waals surface area (Å²) in [6.45, 7) is 1.54. The molecule has 0 bridgehead atoms. The average Bonchev–Trinajstić information content (AvgIpc) is 2.88. The van der Waals surface area contributed by atoms with Gasteiger partial charge in [0.1, 0.15) is 11.5 Å². The van der Waals surface area contributed by atoms with Crippen LogP contribution in [0.25, 0.3) is 0 Å². The fourth-order valence-corrected chi connectivity index (χ4v) is 2.96. The molecule has 0 aliphatic carbocycles. The number of ether oxygens (including phenoxy) is 4. The van der Waals surface area contributed by atoms with Crippen LogP contribution in [0.5, 0.6) is 23.0 Å². The lowest BCUT2D eigenvalue weighted by molar-refractivity contribution is -0.123. The van der Waals surface area contributed by atoms with E-state index in [2.05, 4.69) is 15.8 Å². The van der Waals surface area contributed by atoms with Crippen LogP contribution in [-0.2, 0) is 9.59 Å². The number of para-hydroxylation sites is 1. The lowest BCUT2D eigenvalue weighted by Crippen LogP contribution is -2.24. The van der Waals surface area contributed by atoms with E-state index in [1.165, 1.54) is 13.3 Å². The minimum absolute atomic E-state index is 0.178. The van der Waals surface area contributed by atoms with Gasteiger partial charge in [0.2, 0.25) is 0 Å². The number of carbonyl (C=O) groups excluding carboxylic acids is 2. The van der Waals surface area contributed by atoms with E-state index < -0.39 is 5.91 Å². The maximum Gasteiger partial charge on any atom is 0.277 e. The third kappa shape index (κ3) is 7.78. The van der Waals surface area contributed by atoms with E-state index in [1.54, 1.807) is 49.6 Å². The normalized spacial score (nSPS) is 10.5. The molecule has 0 saturated heterocycles. The summed E-state index contributed by atoms with van der Waals surface area (Å²) in [6.07, 6.45) is 1.46. The molecule has 0 atom stereocenters. The molecule has 3 aromatic carbocycles. The maximum absolute atomic E-state index is 12.2. The third-order valence-electron chi connectivity index (χ3n) is 4.80. The maximum atomic E-state index is 12.2. The fourth-order valence-electron chi connectivity index (χ4n) is 2.96. The molecular formula is C26H27N3O6. The van der Waals surface area contributed by atoms with E-state index in [1.807, 2.05) is 31.2 Å². The molecule has 0 aromatic heterocycles. The standard InChI is InChI=1S/C26H27N3O6/c1-18-6-4-5-7-22(18)28-25(30)16-35-23-13-8-19(14-24(23)33-3)15-27-29-26(31)17-34-21-11-9-20(32-2)10-12-21/h4-15H,16-17H2,1-3H3,(H,28,30)(H,29,31)/b27-15+. The molecule has 0 radical (unpaired) electrons. The molecule has 3 rings (SSSR count). The van der Waals surface area contributed by atoms with Crippen molar-refractivity contribution in [2.24, 2.45) is 5.10 Å². The van der Waals surface area contributed by atoms with Crippen LogP contribution >= 0.6 is 0 Å². The topological polar surface area (TPSA) is 107 Å². The number of nitrogens with zero attached hydrogens (tertiary/aromatic N) is 1. The predicted molar refractivity (Wildman–Crippen MR) is 133 cm³/mol. The van der Waals surface area contributed by atoms with Crippen molar-refractivity contribution in [3.05, 3.63) is 77.9 Å². The molecule has 0 aliphatic rings. The summed E-state index contributed by atoms with van der Waals surface area (Å²) >= 11 is 0. The lowest BCUT2D eigenvalue weighted by Gasteiger charge is -2.12. The Morgan fingerprint density at radius 1 is 0.829 bits per heavy atom. The number of rotatable bonds is 11. The van der Waals surface area contributed by atoms with Gasteiger partial charge in [-0.05, 0) is 66.6 Å². The lowest BCUT2D eigenvalue weighted by atomic mass is 10.2. The minimum Gasteiger partial charge on any atom is -0.497 e. The van der Waals surface area contributed by atoms with Crippen LogP contribution in [0.4, 0.5) is 5.69 Å². The van der Waals surface area contributed by atoms with Gasteiger partial charge in [-0.25, -0.2) is 5.43 Å². The Morgan fingerprint density at radius 2 is 1.54 bits per heavy atom. The van der Waals surface area contributed by atoms with Crippen LogP contribution in [0, 0.1) is 6.92 Å². The molecule has 9 heteroatoms. The summed E-state index contributed by atoms with van der Waals surface area (Å²) in [4.78, 5) is 24.2. The van der Waals surface area contributed by atoms with E-state index in [4.69, 9.17) is 18.9 Å². The molecule has 0 fully saturated rings. The summed E-state index contributed by atoms with van der Waals surface area (Å²) in [5.74, 6) is 1.37. The zero-order chi connectivity index (χ0) is 25.0. The Morgan fingerprint density at radius 3 is 2.26 bits per heavy atom. The zero-order valence-electron chi connectivity index (χ0n) is 19.7. The van der Waals surface area contributed by atoms with Gasteiger partial charge in [0.05, 0.1) is 20.4 Å². The van der Waals surface area contributed by atoms with Crippen LogP contribution in [0.2, 0.25) is 0 Å². The first-order valence-electron chi connectivity index (χ1n) is 10.7. The summed E-state index contributed by atoms with van der Waals surface area (Å²) in [5.41, 5.74) is 4.75. The van der Waals surface area contributed by atoms with Gasteiger partial charge in [-0.2, -0.15) is 5.10 Å². The first-order valence-corrected chi connectivity index (χ1v) is 10.7. The van der Waals surface area contributed by atoms with Gasteiger partial charge < -0.3 is 24.3 Å².